The molecular formula is C16H30NO4P. The van der Waals surface area contributed by atoms with Crippen molar-refractivity contribution in [2.75, 3.05) is 12.8 Å². The van der Waals surface area contributed by atoms with Crippen LogP contribution in [0, 0.1) is 0 Å². The lowest BCUT2D eigenvalue weighted by atomic mass is 10.1. The van der Waals surface area contributed by atoms with E-state index in [2.05, 4.69) is 29.8 Å². The predicted octanol–water partition coefficient (Wildman–Crippen LogP) is 5.07. The van der Waals surface area contributed by atoms with E-state index in [0.29, 0.717) is 0 Å². The largest absolute Gasteiger partial charge is 0.373 e. The van der Waals surface area contributed by atoms with E-state index in [1.165, 1.54) is 11.1 Å². The molecule has 0 amide bonds. The summed E-state index contributed by atoms with van der Waals surface area (Å²) in [4.78, 5) is 4.88. The lowest BCUT2D eigenvalue weighted by Crippen LogP contribution is -2.04. The molecule has 0 saturated carbocycles. The standard InChI is InChI=1S/C16H30NO4P/c1-5-7-8-10-15(3)11-9-12-16(4)13-14-19-21-22(18,6-2)20-17/h5,7,11,13H,6,8-10,12,14,17H2,1-4H3. The highest BCUT2D eigenvalue weighted by molar-refractivity contribution is 7.53. The minimum absolute atomic E-state index is 0.170. The zero-order valence-electron chi connectivity index (χ0n) is 14.2. The van der Waals surface area contributed by atoms with E-state index >= 15 is 0 Å². The highest BCUT2D eigenvalue weighted by Gasteiger charge is 2.21. The molecular weight excluding hydrogens is 301 g/mol. The van der Waals surface area contributed by atoms with Crippen molar-refractivity contribution in [3.05, 3.63) is 35.5 Å². The van der Waals surface area contributed by atoms with Crippen LogP contribution in [0.15, 0.2) is 35.5 Å². The fourth-order valence-corrected chi connectivity index (χ4v) is 2.17. The summed E-state index contributed by atoms with van der Waals surface area (Å²) < 4.78 is 20.6. The Balaban J connectivity index is 3.94. The highest BCUT2D eigenvalue weighted by atomic mass is 31.2. The van der Waals surface area contributed by atoms with E-state index in [9.17, 15) is 4.57 Å². The number of allylic oxidation sites excluding steroid dienone is 5. The molecule has 0 heterocycles. The van der Waals surface area contributed by atoms with Crippen molar-refractivity contribution in [1.82, 2.24) is 0 Å². The first-order valence-corrected chi connectivity index (χ1v) is 9.41. The van der Waals surface area contributed by atoms with Gasteiger partial charge in [0.2, 0.25) is 0 Å². The molecule has 22 heavy (non-hydrogen) atoms. The quantitative estimate of drug-likeness (QED) is 0.178. The zero-order valence-corrected chi connectivity index (χ0v) is 15.1. The van der Waals surface area contributed by atoms with Gasteiger partial charge in [-0.2, -0.15) is 0 Å². The third kappa shape index (κ3) is 10.9. The normalized spacial score (nSPS) is 16.2. The highest BCUT2D eigenvalue weighted by Crippen LogP contribution is 2.45. The Bertz CT molecular complexity index is 422. The predicted molar refractivity (Wildman–Crippen MR) is 91.3 cm³/mol. The maximum atomic E-state index is 11.6. The van der Waals surface area contributed by atoms with Gasteiger partial charge in [-0.1, -0.05) is 42.4 Å². The van der Waals surface area contributed by atoms with Crippen molar-refractivity contribution in [2.45, 2.75) is 53.4 Å². The molecule has 0 spiro atoms. The molecule has 0 aromatic rings. The fourth-order valence-electron chi connectivity index (χ4n) is 1.66. The number of hydrogen-bond donors (Lipinski definition) is 1. The molecule has 5 nitrogen and oxygen atoms in total. The molecule has 1 unspecified atom stereocenters. The Morgan fingerprint density at radius 1 is 1.14 bits per heavy atom. The second-order valence-corrected chi connectivity index (χ2v) is 7.35. The van der Waals surface area contributed by atoms with Crippen LogP contribution in [0.4, 0.5) is 0 Å². The minimum Gasteiger partial charge on any atom is -0.256 e. The Kier molecular flexibility index (Phi) is 12.4. The summed E-state index contributed by atoms with van der Waals surface area (Å²) >= 11 is 0. The molecule has 0 bridgehead atoms. The van der Waals surface area contributed by atoms with Crippen molar-refractivity contribution >= 4 is 7.60 Å². The van der Waals surface area contributed by atoms with Gasteiger partial charge in [0.15, 0.2) is 0 Å². The maximum absolute atomic E-state index is 11.6. The third-order valence-electron chi connectivity index (χ3n) is 3.19. The summed E-state index contributed by atoms with van der Waals surface area (Å²) in [5.74, 6) is 4.90. The average molecular weight is 331 g/mol. The molecule has 0 aliphatic heterocycles. The monoisotopic (exact) mass is 331 g/mol. The van der Waals surface area contributed by atoms with Gasteiger partial charge in [0.05, 0.1) is 6.16 Å². The molecule has 0 rings (SSSR count). The van der Waals surface area contributed by atoms with E-state index in [0.717, 1.165) is 25.7 Å². The molecule has 0 aliphatic carbocycles. The first-order valence-electron chi connectivity index (χ1n) is 7.68. The summed E-state index contributed by atoms with van der Waals surface area (Å²) in [5.41, 5.74) is 2.61. The smallest absolute Gasteiger partial charge is 0.256 e. The summed E-state index contributed by atoms with van der Waals surface area (Å²) in [6.07, 6.45) is 12.8. The second kappa shape index (κ2) is 12.8. The second-order valence-electron chi connectivity index (χ2n) is 5.14. The Morgan fingerprint density at radius 2 is 1.77 bits per heavy atom. The van der Waals surface area contributed by atoms with E-state index in [4.69, 9.17) is 15.5 Å². The first-order chi connectivity index (χ1) is 10.5. The van der Waals surface area contributed by atoms with Gasteiger partial charge in [-0.05, 0) is 46.5 Å². The van der Waals surface area contributed by atoms with E-state index < -0.39 is 7.60 Å². The van der Waals surface area contributed by atoms with Crippen LogP contribution in [0.2, 0.25) is 0 Å². The van der Waals surface area contributed by atoms with Gasteiger partial charge < -0.3 is 0 Å². The molecule has 6 heteroatoms. The molecule has 2 N–H and O–H groups in total. The third-order valence-corrected chi connectivity index (χ3v) is 4.61. The molecule has 0 radical (unpaired) electrons. The van der Waals surface area contributed by atoms with Crippen molar-refractivity contribution in [3.63, 3.8) is 0 Å². The number of nitrogens with two attached hydrogens (primary N) is 1. The summed E-state index contributed by atoms with van der Waals surface area (Å²) in [7, 11) is -3.28. The van der Waals surface area contributed by atoms with Gasteiger partial charge in [-0.25, -0.2) is 15.4 Å². The molecule has 0 saturated heterocycles. The molecule has 0 aromatic heterocycles. The summed E-state index contributed by atoms with van der Waals surface area (Å²) in [5, 5.41) is 0. The Hall–Kier alpha value is -0.710. The van der Waals surface area contributed by atoms with Crippen LogP contribution in [0.25, 0.3) is 0 Å². The average Bonchev–Trinajstić information content (AvgIpc) is 2.51. The summed E-state index contributed by atoms with van der Waals surface area (Å²) in [6.45, 7) is 8.12. The minimum atomic E-state index is -3.28. The van der Waals surface area contributed by atoms with E-state index in [1.54, 1.807) is 6.92 Å². The van der Waals surface area contributed by atoms with Crippen LogP contribution >= 0.6 is 7.60 Å². The van der Waals surface area contributed by atoms with Crippen molar-refractivity contribution < 1.29 is 18.8 Å². The summed E-state index contributed by atoms with van der Waals surface area (Å²) in [6, 6.07) is 0. The van der Waals surface area contributed by atoms with Crippen molar-refractivity contribution in [3.8, 4) is 0 Å². The lowest BCUT2D eigenvalue weighted by molar-refractivity contribution is -0.204. The Labute approximate surface area is 134 Å². The zero-order chi connectivity index (χ0) is 16.8. The van der Waals surface area contributed by atoms with Crippen LogP contribution in [-0.4, -0.2) is 12.8 Å². The van der Waals surface area contributed by atoms with Crippen LogP contribution < -0.4 is 5.90 Å². The fraction of sp³-hybridized carbons (Fsp3) is 0.625. The molecule has 0 fully saturated rings. The van der Waals surface area contributed by atoms with Gasteiger partial charge >= 0.3 is 7.60 Å². The lowest BCUT2D eigenvalue weighted by Gasteiger charge is -2.11. The van der Waals surface area contributed by atoms with Crippen LogP contribution in [-0.2, 0) is 18.8 Å². The SMILES string of the molecule is CC=CCCC(C)=CCCC(C)=CCOOP(=O)(CC)ON. The van der Waals surface area contributed by atoms with Crippen LogP contribution in [0.3, 0.4) is 0 Å². The molecule has 0 aromatic carbocycles. The van der Waals surface area contributed by atoms with Crippen molar-refractivity contribution in [1.29, 1.82) is 0 Å². The molecule has 128 valence electrons. The van der Waals surface area contributed by atoms with Crippen LogP contribution in [0.5, 0.6) is 0 Å². The maximum Gasteiger partial charge on any atom is 0.373 e. The molecule has 0 aliphatic rings. The van der Waals surface area contributed by atoms with Gasteiger partial charge in [0.25, 0.3) is 0 Å². The van der Waals surface area contributed by atoms with Gasteiger partial charge in [-0.15, -0.1) is 4.67 Å². The van der Waals surface area contributed by atoms with Crippen molar-refractivity contribution in [2.24, 2.45) is 5.90 Å². The topological polar surface area (TPSA) is 70.8 Å². The Morgan fingerprint density at radius 3 is 2.36 bits per heavy atom. The number of hydrogen-bond acceptors (Lipinski definition) is 5. The first kappa shape index (κ1) is 21.3. The van der Waals surface area contributed by atoms with Crippen LogP contribution in [0.1, 0.15) is 53.4 Å². The number of rotatable bonds is 12. The van der Waals surface area contributed by atoms with Gasteiger partial charge in [0, 0.05) is 0 Å². The van der Waals surface area contributed by atoms with Gasteiger partial charge in [-0.3, -0.25) is 4.57 Å². The van der Waals surface area contributed by atoms with E-state index in [1.807, 2.05) is 19.9 Å². The van der Waals surface area contributed by atoms with E-state index in [-0.39, 0.29) is 12.8 Å². The molecule has 1 atom stereocenters. The van der Waals surface area contributed by atoms with Gasteiger partial charge in [0.1, 0.15) is 6.61 Å².